The van der Waals surface area contributed by atoms with Gasteiger partial charge in [-0.2, -0.15) is 5.26 Å². The van der Waals surface area contributed by atoms with Crippen molar-refractivity contribution in [2.75, 3.05) is 0 Å². The van der Waals surface area contributed by atoms with Crippen molar-refractivity contribution in [1.29, 1.82) is 5.26 Å². The fourth-order valence-corrected chi connectivity index (χ4v) is 4.00. The maximum absolute atomic E-state index is 13.3. The Morgan fingerprint density at radius 3 is 2.26 bits per heavy atom. The number of non-ortho nitro benzene ring substituents is 1. The highest BCUT2D eigenvalue weighted by atomic mass is 16.6. The second-order valence-electron chi connectivity index (χ2n) is 8.49. The van der Waals surface area contributed by atoms with E-state index in [4.69, 9.17) is 4.74 Å². The number of rotatable bonds is 5. The molecule has 0 aliphatic carbocycles. The molecule has 1 fully saturated rings. The van der Waals surface area contributed by atoms with Crippen LogP contribution in [0.15, 0.2) is 54.6 Å². The van der Waals surface area contributed by atoms with Gasteiger partial charge in [0.05, 0.1) is 11.0 Å². The molecule has 4 atom stereocenters. The normalized spacial score (nSPS) is 25.4. The van der Waals surface area contributed by atoms with Crippen LogP contribution in [0, 0.1) is 27.4 Å². The molecule has 1 aliphatic heterocycles. The lowest BCUT2D eigenvalue weighted by Gasteiger charge is -2.31. The molecule has 0 radical (unpaired) electrons. The zero-order valence-corrected chi connectivity index (χ0v) is 17.4. The minimum Gasteiger partial charge on any atom is -0.458 e. The Morgan fingerprint density at radius 1 is 1.16 bits per heavy atom. The first kappa shape index (κ1) is 22.1. The second-order valence-corrected chi connectivity index (χ2v) is 8.49. The highest BCUT2D eigenvalue weighted by molar-refractivity contribution is 5.89. The van der Waals surface area contributed by atoms with Gasteiger partial charge in [-0.3, -0.25) is 15.4 Å². The van der Waals surface area contributed by atoms with Gasteiger partial charge in [-0.15, -0.1) is 0 Å². The Kier molecular flexibility index (Phi) is 5.91. The van der Waals surface area contributed by atoms with Gasteiger partial charge >= 0.3 is 5.97 Å². The van der Waals surface area contributed by atoms with Gasteiger partial charge in [0.2, 0.25) is 5.54 Å². The number of hydrogen-bond acceptors (Lipinski definition) is 7. The van der Waals surface area contributed by atoms with Gasteiger partial charge in [-0.05, 0) is 31.9 Å². The lowest BCUT2D eigenvalue weighted by molar-refractivity contribution is -0.384. The monoisotopic (exact) mass is 421 g/mol. The summed E-state index contributed by atoms with van der Waals surface area (Å²) >= 11 is 0. The number of nitrogens with zero attached hydrogens (tertiary/aromatic N) is 2. The van der Waals surface area contributed by atoms with Crippen molar-refractivity contribution in [2.24, 2.45) is 5.92 Å². The smallest absolute Gasteiger partial charge is 0.342 e. The molecule has 160 valence electrons. The molecule has 0 amide bonds. The molecular formula is C23H23N3O5. The zero-order chi connectivity index (χ0) is 22.8. The minimum atomic E-state index is -1.81. The third-order valence-electron chi connectivity index (χ3n) is 5.30. The van der Waals surface area contributed by atoms with Crippen LogP contribution in [0.3, 0.4) is 0 Å². The quantitative estimate of drug-likeness (QED) is 0.339. The summed E-state index contributed by atoms with van der Waals surface area (Å²) in [5, 5.41) is 24.2. The van der Waals surface area contributed by atoms with E-state index in [-0.39, 0.29) is 5.69 Å². The van der Waals surface area contributed by atoms with Crippen molar-refractivity contribution in [2.45, 2.75) is 43.9 Å². The topological polar surface area (TPSA) is 122 Å². The fraction of sp³-hybridized carbons (Fsp3) is 0.348. The van der Waals surface area contributed by atoms with Crippen LogP contribution in [-0.4, -0.2) is 28.3 Å². The number of nitro groups is 1. The molecule has 2 aromatic rings. The molecule has 0 bridgehead atoms. The van der Waals surface area contributed by atoms with Crippen molar-refractivity contribution >= 4 is 17.9 Å². The molecule has 0 saturated carbocycles. The Hall–Kier alpha value is -3.57. The van der Waals surface area contributed by atoms with Crippen molar-refractivity contribution in [1.82, 2.24) is 5.32 Å². The number of nitriles is 1. The molecule has 1 N–H and O–H groups in total. The third-order valence-corrected chi connectivity index (χ3v) is 5.30. The van der Waals surface area contributed by atoms with E-state index >= 15 is 0 Å². The van der Waals surface area contributed by atoms with Gasteiger partial charge < -0.3 is 9.53 Å². The molecule has 1 heterocycles. The van der Waals surface area contributed by atoms with E-state index in [2.05, 4.69) is 11.4 Å². The average molecular weight is 421 g/mol. The molecule has 1 saturated heterocycles. The Bertz CT molecular complexity index is 1020. The van der Waals surface area contributed by atoms with Crippen LogP contribution in [0.2, 0.25) is 0 Å². The number of carbonyl (C=O) groups excluding carboxylic acids is 2. The maximum atomic E-state index is 13.3. The van der Waals surface area contributed by atoms with Crippen LogP contribution < -0.4 is 5.32 Å². The van der Waals surface area contributed by atoms with Gasteiger partial charge in [0, 0.05) is 30.0 Å². The molecule has 2 aromatic carbocycles. The lowest BCUT2D eigenvalue weighted by atomic mass is 9.74. The third kappa shape index (κ3) is 4.18. The molecule has 0 unspecified atom stereocenters. The van der Waals surface area contributed by atoms with E-state index in [1.165, 1.54) is 24.3 Å². The van der Waals surface area contributed by atoms with Crippen LogP contribution in [0.1, 0.15) is 43.9 Å². The van der Waals surface area contributed by atoms with Gasteiger partial charge in [-0.1, -0.05) is 42.5 Å². The summed E-state index contributed by atoms with van der Waals surface area (Å²) in [4.78, 5) is 36.0. The van der Waals surface area contributed by atoms with Gasteiger partial charge in [-0.25, -0.2) is 4.79 Å². The van der Waals surface area contributed by atoms with Crippen molar-refractivity contribution in [3.05, 3.63) is 75.8 Å². The van der Waals surface area contributed by atoms with Gasteiger partial charge in [0.1, 0.15) is 11.9 Å². The molecule has 8 heteroatoms. The molecular weight excluding hydrogens is 398 g/mol. The first-order chi connectivity index (χ1) is 14.6. The summed E-state index contributed by atoms with van der Waals surface area (Å²) in [7, 11) is 0. The Balaban J connectivity index is 2.14. The first-order valence-electron chi connectivity index (χ1n) is 9.80. The minimum absolute atomic E-state index is 0.0947. The fourth-order valence-electron chi connectivity index (χ4n) is 4.00. The second kappa shape index (κ2) is 8.28. The summed E-state index contributed by atoms with van der Waals surface area (Å²) in [6, 6.07) is 16.0. The number of benzene rings is 2. The maximum Gasteiger partial charge on any atom is 0.342 e. The number of aldehydes is 1. The summed E-state index contributed by atoms with van der Waals surface area (Å²) < 4.78 is 5.57. The molecule has 8 nitrogen and oxygen atoms in total. The van der Waals surface area contributed by atoms with E-state index in [0.29, 0.717) is 11.1 Å². The van der Waals surface area contributed by atoms with Crippen molar-refractivity contribution < 1.29 is 19.2 Å². The first-order valence-corrected chi connectivity index (χ1v) is 9.80. The summed E-state index contributed by atoms with van der Waals surface area (Å²) in [6.07, 6.45) is 0.722. The lowest BCUT2D eigenvalue weighted by Crippen LogP contribution is -2.53. The predicted molar refractivity (Wildman–Crippen MR) is 112 cm³/mol. The van der Waals surface area contributed by atoms with Crippen LogP contribution in [0.25, 0.3) is 0 Å². The Morgan fingerprint density at radius 2 is 1.77 bits per heavy atom. The van der Waals surface area contributed by atoms with E-state index in [9.17, 15) is 25.0 Å². The predicted octanol–water partition coefficient (Wildman–Crippen LogP) is 3.44. The number of nitro benzene ring substituents is 1. The van der Waals surface area contributed by atoms with E-state index in [1.54, 1.807) is 51.1 Å². The number of hydrogen-bond donors (Lipinski definition) is 1. The average Bonchev–Trinajstić information content (AvgIpc) is 3.09. The highest BCUT2D eigenvalue weighted by Gasteiger charge is 2.60. The van der Waals surface area contributed by atoms with Gasteiger partial charge in [0.15, 0.2) is 0 Å². The van der Waals surface area contributed by atoms with Crippen LogP contribution >= 0.6 is 0 Å². The summed E-state index contributed by atoms with van der Waals surface area (Å²) in [5.74, 6) is -2.37. The van der Waals surface area contributed by atoms with E-state index in [0.717, 1.165) is 6.29 Å². The van der Waals surface area contributed by atoms with Crippen molar-refractivity contribution in [3.8, 4) is 6.07 Å². The Labute approximate surface area is 180 Å². The van der Waals surface area contributed by atoms with E-state index < -0.39 is 39.9 Å². The number of esters is 1. The molecule has 3 rings (SSSR count). The van der Waals surface area contributed by atoms with Crippen LogP contribution in [-0.2, 0) is 14.3 Å². The summed E-state index contributed by atoms with van der Waals surface area (Å²) in [5.41, 5.74) is -1.55. The van der Waals surface area contributed by atoms with E-state index in [1.807, 2.05) is 0 Å². The number of nitrogens with one attached hydrogen (secondary N) is 1. The SMILES string of the molecule is CC(C)(C)OC(=O)[C@]1(C#N)N[C@H](c2ccc([N+](=O)[O-])cc2)[C@H](C=O)[C@H]1c1ccccc1. The number of carbonyl (C=O) groups is 2. The van der Waals surface area contributed by atoms with Crippen molar-refractivity contribution in [3.63, 3.8) is 0 Å². The highest BCUT2D eigenvalue weighted by Crippen LogP contribution is 2.48. The molecule has 0 spiro atoms. The standard InChI is InChI=1S/C23H23N3O5/c1-22(2,3)31-21(28)23(14-24)19(15-7-5-4-6-8-15)18(13-27)20(25-23)16-9-11-17(12-10-16)26(29)30/h4-13,18-20,25H,1-3H3/t18-,19-,20-,23-/m1/s1. The van der Waals surface area contributed by atoms with Crippen LogP contribution in [0.5, 0.6) is 0 Å². The number of ether oxygens (including phenoxy) is 1. The zero-order valence-electron chi connectivity index (χ0n) is 17.4. The molecule has 31 heavy (non-hydrogen) atoms. The van der Waals surface area contributed by atoms with Gasteiger partial charge in [0.25, 0.3) is 5.69 Å². The summed E-state index contributed by atoms with van der Waals surface area (Å²) in [6.45, 7) is 5.11. The van der Waals surface area contributed by atoms with Crippen LogP contribution in [0.4, 0.5) is 5.69 Å². The molecule has 1 aliphatic rings. The largest absolute Gasteiger partial charge is 0.458 e. The molecule has 0 aromatic heterocycles.